The Balaban J connectivity index is 2.80. The third kappa shape index (κ3) is 1.48. The minimum absolute atomic E-state index is 0.139. The monoisotopic (exact) mass is 204 g/mol. The zero-order valence-electron chi connectivity index (χ0n) is 8.61. The fourth-order valence-corrected chi connectivity index (χ4v) is 1.77. The van der Waals surface area contributed by atoms with Gasteiger partial charge in [0.25, 0.3) is 0 Å². The van der Waals surface area contributed by atoms with E-state index in [1.54, 1.807) is 12.3 Å². The van der Waals surface area contributed by atoms with Crippen LogP contribution in [0.25, 0.3) is 11.0 Å². The van der Waals surface area contributed by atoms with E-state index in [1.165, 1.54) is 0 Å². The van der Waals surface area contributed by atoms with Gasteiger partial charge in [-0.15, -0.1) is 0 Å². The van der Waals surface area contributed by atoms with Crippen LogP contribution in [-0.4, -0.2) is 21.0 Å². The summed E-state index contributed by atoms with van der Waals surface area (Å²) in [7, 11) is 0. The van der Waals surface area contributed by atoms with Gasteiger partial charge in [-0.1, -0.05) is 13.8 Å². The van der Waals surface area contributed by atoms with Gasteiger partial charge in [0.2, 0.25) is 0 Å². The lowest BCUT2D eigenvalue weighted by Crippen LogP contribution is -2.02. The maximum absolute atomic E-state index is 11.0. The Kier molecular flexibility index (Phi) is 2.19. The molecule has 4 heteroatoms. The highest BCUT2D eigenvalue weighted by Gasteiger charge is 2.19. The van der Waals surface area contributed by atoms with E-state index >= 15 is 0 Å². The molecule has 0 amide bonds. The van der Waals surface area contributed by atoms with Crippen molar-refractivity contribution in [3.05, 3.63) is 29.6 Å². The number of aromatic carboxylic acids is 1. The smallest absolute Gasteiger partial charge is 0.352 e. The molecule has 0 fully saturated rings. The van der Waals surface area contributed by atoms with Crippen LogP contribution in [-0.2, 0) is 0 Å². The molecule has 0 saturated carbocycles. The number of aromatic nitrogens is 2. The number of nitrogens with one attached hydrogen (secondary N) is 1. The second-order valence-corrected chi connectivity index (χ2v) is 3.77. The second-order valence-electron chi connectivity index (χ2n) is 3.77. The van der Waals surface area contributed by atoms with Crippen molar-refractivity contribution in [2.24, 2.45) is 0 Å². The number of carboxylic acid groups (broad SMARTS) is 1. The zero-order valence-corrected chi connectivity index (χ0v) is 8.61. The lowest BCUT2D eigenvalue weighted by molar-refractivity contribution is 0.0690. The van der Waals surface area contributed by atoms with Crippen molar-refractivity contribution in [3.63, 3.8) is 0 Å². The van der Waals surface area contributed by atoms with Crippen LogP contribution in [0.1, 0.15) is 35.8 Å². The van der Waals surface area contributed by atoms with E-state index in [9.17, 15) is 4.79 Å². The van der Waals surface area contributed by atoms with Gasteiger partial charge in [0.1, 0.15) is 5.69 Å². The molecular formula is C11H12N2O2. The summed E-state index contributed by atoms with van der Waals surface area (Å²) in [5.74, 6) is -0.795. The number of H-pyrrole nitrogens is 1. The Hall–Kier alpha value is -1.84. The quantitative estimate of drug-likeness (QED) is 0.789. The van der Waals surface area contributed by atoms with Gasteiger partial charge in [-0.25, -0.2) is 4.79 Å². The molecule has 2 N–H and O–H groups in total. The first-order valence-electron chi connectivity index (χ1n) is 4.81. The third-order valence-corrected chi connectivity index (χ3v) is 2.38. The predicted octanol–water partition coefficient (Wildman–Crippen LogP) is 2.38. The van der Waals surface area contributed by atoms with Crippen LogP contribution in [0.5, 0.6) is 0 Å². The van der Waals surface area contributed by atoms with Crippen LogP contribution in [0.4, 0.5) is 0 Å². The minimum atomic E-state index is -0.934. The van der Waals surface area contributed by atoms with Crippen LogP contribution in [0.15, 0.2) is 18.3 Å². The lowest BCUT2D eigenvalue weighted by Gasteiger charge is -2.03. The molecule has 0 unspecified atom stereocenters. The molecule has 2 heterocycles. The van der Waals surface area contributed by atoms with Gasteiger partial charge >= 0.3 is 5.97 Å². The van der Waals surface area contributed by atoms with Crippen molar-refractivity contribution in [3.8, 4) is 0 Å². The highest BCUT2D eigenvalue weighted by atomic mass is 16.4. The molecule has 0 aliphatic heterocycles. The summed E-state index contributed by atoms with van der Waals surface area (Å²) in [6.07, 6.45) is 1.67. The first-order chi connectivity index (χ1) is 7.11. The molecule has 2 aromatic heterocycles. The summed E-state index contributed by atoms with van der Waals surface area (Å²) in [5, 5.41) is 9.06. The molecular weight excluding hydrogens is 192 g/mol. The maximum Gasteiger partial charge on any atom is 0.352 e. The van der Waals surface area contributed by atoms with Gasteiger partial charge in [0.05, 0.1) is 11.0 Å². The molecule has 0 spiro atoms. The van der Waals surface area contributed by atoms with Gasteiger partial charge in [0.15, 0.2) is 0 Å². The van der Waals surface area contributed by atoms with E-state index < -0.39 is 5.97 Å². The Bertz CT molecular complexity index is 514. The van der Waals surface area contributed by atoms with Gasteiger partial charge in [0, 0.05) is 11.8 Å². The fourth-order valence-electron chi connectivity index (χ4n) is 1.77. The SMILES string of the molecule is CC(C)c1c(C(=O)O)[nH]c2cccnc12. The summed E-state index contributed by atoms with van der Waals surface area (Å²) in [4.78, 5) is 18.1. The van der Waals surface area contributed by atoms with Crippen LogP contribution >= 0.6 is 0 Å². The number of hydrogen-bond donors (Lipinski definition) is 2. The molecule has 0 atom stereocenters. The van der Waals surface area contributed by atoms with Gasteiger partial charge in [-0.3, -0.25) is 4.98 Å². The number of aromatic amines is 1. The van der Waals surface area contributed by atoms with E-state index in [2.05, 4.69) is 9.97 Å². The van der Waals surface area contributed by atoms with Crippen molar-refractivity contribution in [2.45, 2.75) is 19.8 Å². The third-order valence-electron chi connectivity index (χ3n) is 2.38. The molecule has 2 rings (SSSR count). The average Bonchev–Trinajstić information content (AvgIpc) is 2.56. The lowest BCUT2D eigenvalue weighted by atomic mass is 10.0. The standard InChI is InChI=1S/C11H12N2O2/c1-6(2)8-9-7(4-3-5-12-9)13-10(8)11(14)15/h3-6,13H,1-2H3,(H,14,15). The summed E-state index contributed by atoms with van der Waals surface area (Å²) in [6.45, 7) is 3.92. The van der Waals surface area contributed by atoms with Crippen LogP contribution in [0, 0.1) is 0 Å². The molecule has 0 bridgehead atoms. The topological polar surface area (TPSA) is 66.0 Å². The van der Waals surface area contributed by atoms with Crippen molar-refractivity contribution < 1.29 is 9.90 Å². The summed E-state index contributed by atoms with van der Waals surface area (Å²) in [6, 6.07) is 3.62. The summed E-state index contributed by atoms with van der Waals surface area (Å²) >= 11 is 0. The maximum atomic E-state index is 11.0. The van der Waals surface area contributed by atoms with Crippen LogP contribution in [0.2, 0.25) is 0 Å². The van der Waals surface area contributed by atoms with E-state index in [0.717, 1.165) is 16.6 Å². The largest absolute Gasteiger partial charge is 0.477 e. The molecule has 78 valence electrons. The predicted molar refractivity (Wildman–Crippen MR) is 57.1 cm³/mol. The first-order valence-corrected chi connectivity index (χ1v) is 4.81. The number of fused-ring (bicyclic) bond motifs is 1. The number of rotatable bonds is 2. The Labute approximate surface area is 87.0 Å². The minimum Gasteiger partial charge on any atom is -0.477 e. The molecule has 2 aromatic rings. The van der Waals surface area contributed by atoms with Crippen molar-refractivity contribution in [1.82, 2.24) is 9.97 Å². The van der Waals surface area contributed by atoms with Gasteiger partial charge < -0.3 is 10.1 Å². The van der Waals surface area contributed by atoms with E-state index in [0.29, 0.717) is 0 Å². The Morgan fingerprint density at radius 2 is 2.27 bits per heavy atom. The highest BCUT2D eigenvalue weighted by Crippen LogP contribution is 2.27. The molecule has 0 aliphatic rings. The molecule has 0 aromatic carbocycles. The van der Waals surface area contributed by atoms with Crippen LogP contribution in [0.3, 0.4) is 0 Å². The molecule has 0 radical (unpaired) electrons. The highest BCUT2D eigenvalue weighted by molar-refractivity contribution is 5.96. The first kappa shape index (κ1) is 9.71. The number of carbonyl (C=O) groups is 1. The van der Waals surface area contributed by atoms with Crippen molar-refractivity contribution in [1.29, 1.82) is 0 Å². The normalized spacial score (nSPS) is 11.1. The van der Waals surface area contributed by atoms with E-state index in [4.69, 9.17) is 5.11 Å². The van der Waals surface area contributed by atoms with Crippen LogP contribution < -0.4 is 0 Å². The zero-order chi connectivity index (χ0) is 11.0. The van der Waals surface area contributed by atoms with Crippen molar-refractivity contribution >= 4 is 17.0 Å². The molecule has 15 heavy (non-hydrogen) atoms. The number of hydrogen-bond acceptors (Lipinski definition) is 2. The number of nitrogens with zero attached hydrogens (tertiary/aromatic N) is 1. The average molecular weight is 204 g/mol. The van der Waals surface area contributed by atoms with Crippen molar-refractivity contribution in [2.75, 3.05) is 0 Å². The molecule has 0 saturated heterocycles. The number of pyridine rings is 1. The molecule has 0 aliphatic carbocycles. The van der Waals surface area contributed by atoms with E-state index in [1.807, 2.05) is 19.9 Å². The Morgan fingerprint density at radius 1 is 1.53 bits per heavy atom. The molecule has 4 nitrogen and oxygen atoms in total. The summed E-state index contributed by atoms with van der Waals surface area (Å²) in [5.41, 5.74) is 2.56. The second kappa shape index (κ2) is 3.38. The van der Waals surface area contributed by atoms with E-state index in [-0.39, 0.29) is 11.6 Å². The summed E-state index contributed by atoms with van der Waals surface area (Å²) < 4.78 is 0. The fraction of sp³-hybridized carbons (Fsp3) is 0.273. The van der Waals surface area contributed by atoms with Gasteiger partial charge in [-0.2, -0.15) is 0 Å². The van der Waals surface area contributed by atoms with Gasteiger partial charge in [-0.05, 0) is 18.1 Å². The number of carboxylic acids is 1. The Morgan fingerprint density at radius 3 is 2.87 bits per heavy atom.